The molecule has 0 amide bonds. The van der Waals surface area contributed by atoms with Gasteiger partial charge in [0.05, 0.1) is 0 Å². The Morgan fingerprint density at radius 3 is 2.31 bits per heavy atom. The standard InChI is InChI=1S/C47H31N3O2/c1-3-11-30-23-33(19-17-28(30)9-1)45-48-46(34-20-18-29-10-2-4-12-31(29)24-34)50-47(49-45)39-26-35(27-43-44(39)37-14-6-8-16-41(37)52-43)32-21-22-42-38(25-32)36-13-5-7-15-40(36)51-42/h1-17,19-24,26-27,29,32H,18,25H2. The van der Waals surface area contributed by atoms with Crippen molar-refractivity contribution >= 4 is 55.3 Å². The molecule has 0 saturated carbocycles. The van der Waals surface area contributed by atoms with Gasteiger partial charge in [-0.05, 0) is 77.2 Å². The zero-order valence-electron chi connectivity index (χ0n) is 28.2. The Labute approximate surface area is 299 Å². The van der Waals surface area contributed by atoms with E-state index in [2.05, 4.69) is 127 Å². The largest absolute Gasteiger partial charge is 0.456 e. The zero-order valence-corrected chi connectivity index (χ0v) is 28.2. The fraction of sp³-hybridized carbons (Fsp3) is 0.0851. The highest BCUT2D eigenvalue weighted by Crippen LogP contribution is 2.42. The Morgan fingerprint density at radius 1 is 0.596 bits per heavy atom. The lowest BCUT2D eigenvalue weighted by Gasteiger charge is -2.21. The van der Waals surface area contributed by atoms with E-state index in [1.165, 1.54) is 21.9 Å². The van der Waals surface area contributed by atoms with Gasteiger partial charge in [-0.25, -0.2) is 15.0 Å². The van der Waals surface area contributed by atoms with E-state index in [0.29, 0.717) is 23.4 Å². The lowest BCUT2D eigenvalue weighted by atomic mass is 9.85. The van der Waals surface area contributed by atoms with Gasteiger partial charge in [-0.2, -0.15) is 0 Å². The van der Waals surface area contributed by atoms with Crippen molar-refractivity contribution in [3.63, 3.8) is 0 Å². The molecule has 0 fully saturated rings. The highest BCUT2D eigenvalue weighted by Gasteiger charge is 2.26. The molecular formula is C47H31N3O2. The molecule has 3 heterocycles. The van der Waals surface area contributed by atoms with Gasteiger partial charge in [-0.1, -0.05) is 109 Å². The van der Waals surface area contributed by atoms with Crippen LogP contribution in [0.1, 0.15) is 35.1 Å². The normalized spacial score (nSPS) is 17.8. The number of hydrogen-bond donors (Lipinski definition) is 0. The average molecular weight is 670 g/mol. The van der Waals surface area contributed by atoms with E-state index in [9.17, 15) is 0 Å². The summed E-state index contributed by atoms with van der Waals surface area (Å²) in [7, 11) is 0. The SMILES string of the molecule is C1=CC2=CC(c3nc(-c4ccc5ccccc5c4)nc(-c4cc(C5C=Cc6oc7ccccc7c6C5)cc5oc6ccccc6c45)n3)=CCC2C=C1. The van der Waals surface area contributed by atoms with Crippen molar-refractivity contribution in [2.24, 2.45) is 5.92 Å². The second kappa shape index (κ2) is 11.5. The molecule has 246 valence electrons. The van der Waals surface area contributed by atoms with Crippen LogP contribution in [0.15, 0.2) is 160 Å². The summed E-state index contributed by atoms with van der Waals surface area (Å²) in [5, 5.41) is 5.53. The van der Waals surface area contributed by atoms with E-state index < -0.39 is 0 Å². The van der Waals surface area contributed by atoms with E-state index >= 15 is 0 Å². The van der Waals surface area contributed by atoms with Crippen LogP contribution < -0.4 is 0 Å². The predicted molar refractivity (Wildman–Crippen MR) is 210 cm³/mol. The molecule has 2 atom stereocenters. The molecule has 3 aliphatic rings. The maximum atomic E-state index is 6.59. The Balaban J connectivity index is 1.13. The first-order chi connectivity index (χ1) is 25.7. The van der Waals surface area contributed by atoms with E-state index in [-0.39, 0.29) is 5.92 Å². The van der Waals surface area contributed by atoms with Gasteiger partial charge in [0.15, 0.2) is 17.5 Å². The van der Waals surface area contributed by atoms with Crippen LogP contribution in [-0.2, 0) is 6.42 Å². The fourth-order valence-electron chi connectivity index (χ4n) is 8.15. The van der Waals surface area contributed by atoms with Gasteiger partial charge in [-0.15, -0.1) is 0 Å². The lowest BCUT2D eigenvalue weighted by molar-refractivity contribution is 0.591. The number of fused-ring (bicyclic) bond motifs is 8. The van der Waals surface area contributed by atoms with E-state index in [1.807, 2.05) is 24.3 Å². The van der Waals surface area contributed by atoms with Crippen molar-refractivity contribution in [1.29, 1.82) is 0 Å². The molecule has 2 unspecified atom stereocenters. The van der Waals surface area contributed by atoms with Gasteiger partial charge >= 0.3 is 0 Å². The molecule has 8 aromatic rings. The number of furan rings is 2. The number of hydrogen-bond acceptors (Lipinski definition) is 5. The quantitative estimate of drug-likeness (QED) is 0.187. The van der Waals surface area contributed by atoms with Crippen molar-refractivity contribution in [2.45, 2.75) is 18.8 Å². The Morgan fingerprint density at radius 2 is 1.38 bits per heavy atom. The molecule has 3 aromatic heterocycles. The van der Waals surface area contributed by atoms with Crippen LogP contribution in [0.3, 0.4) is 0 Å². The molecule has 5 nitrogen and oxygen atoms in total. The maximum absolute atomic E-state index is 6.59. The number of rotatable bonds is 4. The Kier molecular flexibility index (Phi) is 6.44. The minimum absolute atomic E-state index is 0.111. The number of aromatic nitrogens is 3. The summed E-state index contributed by atoms with van der Waals surface area (Å²) in [5.74, 6) is 3.36. The first kappa shape index (κ1) is 29.2. The van der Waals surface area contributed by atoms with Gasteiger partial charge in [0.2, 0.25) is 0 Å². The van der Waals surface area contributed by atoms with Crippen molar-refractivity contribution < 1.29 is 8.83 Å². The van der Waals surface area contributed by atoms with Crippen LogP contribution in [0.5, 0.6) is 0 Å². The molecule has 0 spiro atoms. The van der Waals surface area contributed by atoms with Crippen molar-refractivity contribution in [3.05, 3.63) is 174 Å². The average Bonchev–Trinajstić information content (AvgIpc) is 3.78. The molecule has 52 heavy (non-hydrogen) atoms. The third-order valence-electron chi connectivity index (χ3n) is 10.8. The van der Waals surface area contributed by atoms with E-state index in [0.717, 1.165) is 73.8 Å². The second-order valence-electron chi connectivity index (χ2n) is 13.9. The molecule has 0 N–H and O–H groups in total. The molecule has 0 bridgehead atoms. The van der Waals surface area contributed by atoms with Crippen LogP contribution in [0.25, 0.3) is 78.1 Å². The smallest absolute Gasteiger partial charge is 0.164 e. The summed E-state index contributed by atoms with van der Waals surface area (Å²) in [6.45, 7) is 0. The third kappa shape index (κ3) is 4.74. The minimum atomic E-state index is 0.111. The van der Waals surface area contributed by atoms with E-state index in [4.69, 9.17) is 23.8 Å². The van der Waals surface area contributed by atoms with Gasteiger partial charge in [-0.3, -0.25) is 0 Å². The molecule has 0 radical (unpaired) electrons. The monoisotopic (exact) mass is 669 g/mol. The maximum Gasteiger partial charge on any atom is 0.164 e. The highest BCUT2D eigenvalue weighted by atomic mass is 16.3. The van der Waals surface area contributed by atoms with Gasteiger partial charge in [0, 0.05) is 50.3 Å². The number of allylic oxidation sites excluding steroid dienone is 9. The second-order valence-corrected chi connectivity index (χ2v) is 13.9. The summed E-state index contributed by atoms with van der Waals surface area (Å²) in [5.41, 5.74) is 9.12. The lowest BCUT2D eigenvalue weighted by Crippen LogP contribution is -2.09. The summed E-state index contributed by atoms with van der Waals surface area (Å²) in [4.78, 5) is 15.7. The number of para-hydroxylation sites is 2. The summed E-state index contributed by atoms with van der Waals surface area (Å²) in [6, 6.07) is 35.8. The molecule has 5 heteroatoms. The van der Waals surface area contributed by atoms with Crippen molar-refractivity contribution in [1.82, 2.24) is 15.0 Å². The van der Waals surface area contributed by atoms with E-state index in [1.54, 1.807) is 0 Å². The van der Waals surface area contributed by atoms with Crippen LogP contribution in [0.2, 0.25) is 0 Å². The summed E-state index contributed by atoms with van der Waals surface area (Å²) in [6.07, 6.45) is 19.3. The van der Waals surface area contributed by atoms with Crippen molar-refractivity contribution in [3.8, 4) is 22.8 Å². The first-order valence-corrected chi connectivity index (χ1v) is 17.9. The first-order valence-electron chi connectivity index (χ1n) is 17.9. The van der Waals surface area contributed by atoms with Gasteiger partial charge in [0.25, 0.3) is 0 Å². The third-order valence-corrected chi connectivity index (χ3v) is 10.8. The van der Waals surface area contributed by atoms with Crippen LogP contribution in [0.4, 0.5) is 0 Å². The van der Waals surface area contributed by atoms with Gasteiger partial charge in [0.1, 0.15) is 22.5 Å². The van der Waals surface area contributed by atoms with Crippen LogP contribution in [-0.4, -0.2) is 15.0 Å². The topological polar surface area (TPSA) is 65.0 Å². The molecule has 3 aliphatic carbocycles. The summed E-state index contributed by atoms with van der Waals surface area (Å²) >= 11 is 0. The molecule has 5 aromatic carbocycles. The number of benzene rings is 5. The highest BCUT2D eigenvalue weighted by molar-refractivity contribution is 6.12. The molecular weight excluding hydrogens is 639 g/mol. The van der Waals surface area contributed by atoms with Crippen LogP contribution >= 0.6 is 0 Å². The predicted octanol–water partition coefficient (Wildman–Crippen LogP) is 11.8. The Bertz CT molecular complexity index is 2930. The zero-order chi connectivity index (χ0) is 34.2. The number of nitrogens with zero attached hydrogens (tertiary/aromatic N) is 3. The van der Waals surface area contributed by atoms with Crippen molar-refractivity contribution in [2.75, 3.05) is 0 Å². The fourth-order valence-corrected chi connectivity index (χ4v) is 8.15. The molecule has 11 rings (SSSR count). The van der Waals surface area contributed by atoms with Gasteiger partial charge < -0.3 is 8.83 Å². The minimum Gasteiger partial charge on any atom is -0.456 e. The molecule has 0 saturated heterocycles. The summed E-state index contributed by atoms with van der Waals surface area (Å²) < 4.78 is 12.8. The molecule has 0 aliphatic heterocycles. The Hall–Kier alpha value is -6.59. The van der Waals surface area contributed by atoms with Crippen LogP contribution in [0, 0.1) is 5.92 Å².